The summed E-state index contributed by atoms with van der Waals surface area (Å²) < 4.78 is 31.1. The van der Waals surface area contributed by atoms with Gasteiger partial charge in [0.15, 0.2) is 0 Å². The Morgan fingerprint density at radius 2 is 2.00 bits per heavy atom. The largest absolute Gasteiger partial charge is 0.469 e. The molecule has 0 fully saturated rings. The smallest absolute Gasteiger partial charge is 0.309 e. The van der Waals surface area contributed by atoms with Crippen LogP contribution in [0.25, 0.3) is 0 Å². The number of hydrogen-bond donors (Lipinski definition) is 1. The lowest BCUT2D eigenvalue weighted by atomic mass is 10.2. The van der Waals surface area contributed by atoms with Crippen LogP contribution in [-0.4, -0.2) is 27.5 Å². The van der Waals surface area contributed by atoms with Crippen LogP contribution in [0.15, 0.2) is 29.2 Å². The van der Waals surface area contributed by atoms with E-state index in [0.717, 1.165) is 0 Å². The molecule has 1 N–H and O–H groups in total. The average Bonchev–Trinajstić information content (AvgIpc) is 2.45. The van der Waals surface area contributed by atoms with Gasteiger partial charge >= 0.3 is 5.97 Å². The third-order valence-corrected chi connectivity index (χ3v) is 4.20. The number of nitrogens with one attached hydrogen (secondary N) is 1. The molecule has 20 heavy (non-hydrogen) atoms. The molecule has 6 heteroatoms. The van der Waals surface area contributed by atoms with E-state index >= 15 is 0 Å². The quantitative estimate of drug-likeness (QED) is 0.630. The topological polar surface area (TPSA) is 72.5 Å². The number of methoxy groups -OCH3 is 1. The number of ether oxygens (including phenoxy) is 1. The Balaban J connectivity index is 2.87. The summed E-state index contributed by atoms with van der Waals surface area (Å²) in [4.78, 5) is 11.2. The predicted octanol–water partition coefficient (Wildman–Crippen LogP) is 1.09. The zero-order chi connectivity index (χ0) is 15.2. The molecule has 5 nitrogen and oxygen atoms in total. The van der Waals surface area contributed by atoms with Crippen molar-refractivity contribution < 1.29 is 17.9 Å². The maximum absolute atomic E-state index is 12.1. The standard InChI is InChI=1S/C14H17NO4S/c1-4-12(5-2)15-20(17,18)13-8-6-11(7-9-13)10-14(16)19-3/h1,6-9,12,15H,5,10H2,2-3H3. The zero-order valence-electron chi connectivity index (χ0n) is 11.4. The number of terminal acetylenes is 1. The molecule has 0 aliphatic heterocycles. The van der Waals surface area contributed by atoms with Gasteiger partial charge in [0.05, 0.1) is 24.5 Å². The van der Waals surface area contributed by atoms with Gasteiger partial charge in [-0.1, -0.05) is 25.0 Å². The van der Waals surface area contributed by atoms with E-state index in [1.165, 1.54) is 19.2 Å². The maximum Gasteiger partial charge on any atom is 0.309 e. The number of esters is 1. The summed E-state index contributed by atoms with van der Waals surface area (Å²) in [5.41, 5.74) is 0.680. The molecule has 0 amide bonds. The molecule has 1 atom stereocenters. The maximum atomic E-state index is 12.1. The molecule has 108 valence electrons. The SMILES string of the molecule is C#CC(CC)NS(=O)(=O)c1ccc(CC(=O)OC)cc1. The van der Waals surface area contributed by atoms with E-state index in [0.29, 0.717) is 12.0 Å². The van der Waals surface area contributed by atoms with E-state index in [1.54, 1.807) is 19.1 Å². The summed E-state index contributed by atoms with van der Waals surface area (Å²) in [5, 5.41) is 0. The fraction of sp³-hybridized carbons (Fsp3) is 0.357. The average molecular weight is 295 g/mol. The fourth-order valence-corrected chi connectivity index (χ4v) is 2.76. The van der Waals surface area contributed by atoms with Crippen LogP contribution < -0.4 is 4.72 Å². The molecule has 0 radical (unpaired) electrons. The first kappa shape index (κ1) is 16.2. The Morgan fingerprint density at radius 1 is 1.40 bits per heavy atom. The van der Waals surface area contributed by atoms with E-state index in [2.05, 4.69) is 15.4 Å². The number of benzene rings is 1. The molecule has 0 spiro atoms. The number of sulfonamides is 1. The summed E-state index contributed by atoms with van der Waals surface area (Å²) >= 11 is 0. The summed E-state index contributed by atoms with van der Waals surface area (Å²) in [5.74, 6) is 1.99. The van der Waals surface area contributed by atoms with Gasteiger partial charge in [0.1, 0.15) is 0 Å². The van der Waals surface area contributed by atoms with Crippen LogP contribution in [0.5, 0.6) is 0 Å². The Hall–Kier alpha value is -1.84. The second-order valence-corrected chi connectivity index (χ2v) is 5.86. The molecule has 0 saturated carbocycles. The minimum Gasteiger partial charge on any atom is -0.469 e. The van der Waals surface area contributed by atoms with Gasteiger partial charge in [-0.3, -0.25) is 4.79 Å². The highest BCUT2D eigenvalue weighted by atomic mass is 32.2. The minimum absolute atomic E-state index is 0.103. The fourth-order valence-electron chi connectivity index (χ4n) is 1.52. The molecule has 0 saturated heterocycles. The van der Waals surface area contributed by atoms with Gasteiger partial charge < -0.3 is 4.74 Å². The predicted molar refractivity (Wildman–Crippen MR) is 75.4 cm³/mol. The van der Waals surface area contributed by atoms with Crippen molar-refractivity contribution in [3.05, 3.63) is 29.8 Å². The van der Waals surface area contributed by atoms with Crippen LogP contribution in [0.1, 0.15) is 18.9 Å². The first-order valence-electron chi connectivity index (χ1n) is 6.07. The summed E-state index contributed by atoms with van der Waals surface area (Å²) in [6.45, 7) is 1.80. The Kier molecular flexibility index (Phi) is 5.74. The van der Waals surface area contributed by atoms with Crippen LogP contribution in [0.3, 0.4) is 0 Å². The third kappa shape index (κ3) is 4.37. The second kappa shape index (κ2) is 7.08. The molecular weight excluding hydrogens is 278 g/mol. The highest BCUT2D eigenvalue weighted by molar-refractivity contribution is 7.89. The molecule has 0 aliphatic rings. The highest BCUT2D eigenvalue weighted by Gasteiger charge is 2.17. The zero-order valence-corrected chi connectivity index (χ0v) is 12.2. The van der Waals surface area contributed by atoms with Crippen LogP contribution in [0.2, 0.25) is 0 Å². The molecule has 0 aromatic heterocycles. The van der Waals surface area contributed by atoms with Gasteiger partial charge in [-0.05, 0) is 24.1 Å². The number of rotatable bonds is 6. The van der Waals surface area contributed by atoms with Crippen molar-refractivity contribution in [1.29, 1.82) is 0 Å². The van der Waals surface area contributed by atoms with Gasteiger partial charge in [0.2, 0.25) is 10.0 Å². The van der Waals surface area contributed by atoms with Crippen molar-refractivity contribution in [1.82, 2.24) is 4.72 Å². The Labute approximate surface area is 119 Å². The number of carbonyl (C=O) groups excluding carboxylic acids is 1. The van der Waals surface area contributed by atoms with Gasteiger partial charge in [0, 0.05) is 0 Å². The molecule has 0 aliphatic carbocycles. The molecule has 0 bridgehead atoms. The van der Waals surface area contributed by atoms with E-state index in [4.69, 9.17) is 6.42 Å². The lowest BCUT2D eigenvalue weighted by Gasteiger charge is -2.11. The van der Waals surface area contributed by atoms with Gasteiger partial charge in [-0.25, -0.2) is 8.42 Å². The molecular formula is C14H17NO4S. The van der Waals surface area contributed by atoms with Crippen molar-refractivity contribution in [2.45, 2.75) is 30.7 Å². The first-order valence-corrected chi connectivity index (χ1v) is 7.55. The van der Waals surface area contributed by atoms with E-state index in [9.17, 15) is 13.2 Å². The Morgan fingerprint density at radius 3 is 2.45 bits per heavy atom. The molecule has 1 unspecified atom stereocenters. The minimum atomic E-state index is -3.64. The van der Waals surface area contributed by atoms with Gasteiger partial charge in [0.25, 0.3) is 0 Å². The lowest BCUT2D eigenvalue weighted by Crippen LogP contribution is -2.33. The normalized spacial score (nSPS) is 12.4. The monoisotopic (exact) mass is 295 g/mol. The van der Waals surface area contributed by atoms with E-state index in [1.807, 2.05) is 0 Å². The second-order valence-electron chi connectivity index (χ2n) is 4.15. The first-order chi connectivity index (χ1) is 9.42. The summed E-state index contributed by atoms with van der Waals surface area (Å²) in [6, 6.07) is 5.48. The lowest BCUT2D eigenvalue weighted by molar-refractivity contribution is -0.139. The van der Waals surface area contributed by atoms with Crippen LogP contribution in [-0.2, 0) is 26.0 Å². The summed E-state index contributed by atoms with van der Waals surface area (Å²) in [7, 11) is -2.34. The number of carbonyl (C=O) groups is 1. The van der Waals surface area contributed by atoms with Crippen molar-refractivity contribution in [2.75, 3.05) is 7.11 Å². The van der Waals surface area contributed by atoms with Crippen molar-refractivity contribution >= 4 is 16.0 Å². The van der Waals surface area contributed by atoms with Crippen molar-refractivity contribution in [3.8, 4) is 12.3 Å². The number of hydrogen-bond acceptors (Lipinski definition) is 4. The Bertz CT molecular complexity index is 599. The van der Waals surface area contributed by atoms with Crippen LogP contribution in [0, 0.1) is 12.3 Å². The highest BCUT2D eigenvalue weighted by Crippen LogP contribution is 2.12. The molecule has 1 aromatic rings. The summed E-state index contributed by atoms with van der Waals surface area (Å²) in [6.07, 6.45) is 5.85. The molecule has 1 rings (SSSR count). The van der Waals surface area contributed by atoms with Crippen LogP contribution in [0.4, 0.5) is 0 Å². The third-order valence-electron chi connectivity index (χ3n) is 2.72. The van der Waals surface area contributed by atoms with Gasteiger partial charge in [-0.15, -0.1) is 6.42 Å². The molecule has 1 aromatic carbocycles. The van der Waals surface area contributed by atoms with Crippen molar-refractivity contribution in [3.63, 3.8) is 0 Å². The van der Waals surface area contributed by atoms with Gasteiger partial charge in [-0.2, -0.15) is 4.72 Å². The van der Waals surface area contributed by atoms with E-state index in [-0.39, 0.29) is 17.3 Å². The van der Waals surface area contributed by atoms with E-state index < -0.39 is 16.1 Å². The van der Waals surface area contributed by atoms with Crippen LogP contribution >= 0.6 is 0 Å². The van der Waals surface area contributed by atoms with Crippen molar-refractivity contribution in [2.24, 2.45) is 0 Å². The molecule has 0 heterocycles.